The molecule has 2 unspecified atom stereocenters. The predicted molar refractivity (Wildman–Crippen MR) is 60.3 cm³/mol. The minimum absolute atomic E-state index is 0.185. The highest BCUT2D eigenvalue weighted by molar-refractivity contribution is 7.96. The number of β-lactam (4-membered cyclic amide) rings is 1. The van der Waals surface area contributed by atoms with Crippen molar-refractivity contribution in [2.45, 2.75) is 12.1 Å². The van der Waals surface area contributed by atoms with E-state index in [1.165, 1.54) is 35.5 Å². The van der Waals surface area contributed by atoms with Gasteiger partial charge >= 0.3 is 0 Å². The molecule has 17 heavy (non-hydrogen) atoms. The minimum Gasteiger partial charge on any atom is -0.369 e. The number of halogens is 2. The number of nitrogens with zero attached hydrogens (tertiary/aromatic N) is 1. The van der Waals surface area contributed by atoms with Crippen molar-refractivity contribution in [3.8, 4) is 0 Å². The molecule has 1 aromatic carbocycles. The summed E-state index contributed by atoms with van der Waals surface area (Å²) in [7, 11) is 1.41. The Labute approximate surface area is 102 Å². The Kier molecular flexibility index (Phi) is 3.35. The number of amides is 1. The van der Waals surface area contributed by atoms with Gasteiger partial charge in [-0.15, -0.1) is 0 Å². The largest absolute Gasteiger partial charge is 0.369 e. The van der Waals surface area contributed by atoms with Crippen LogP contribution in [0.5, 0.6) is 0 Å². The smallest absolute Gasteiger partial charge is 0.264 e. The van der Waals surface area contributed by atoms with Crippen molar-refractivity contribution in [2.75, 3.05) is 13.4 Å². The Morgan fingerprint density at radius 1 is 1.29 bits per heavy atom. The first-order chi connectivity index (χ1) is 8.08. The average molecular weight is 259 g/mol. The van der Waals surface area contributed by atoms with Crippen molar-refractivity contribution in [1.82, 2.24) is 4.31 Å². The molecule has 6 heteroatoms. The second-order valence-corrected chi connectivity index (χ2v) is 4.41. The first-order valence-electron chi connectivity index (χ1n) is 4.94. The average Bonchev–Trinajstić information content (AvgIpc) is 2.25. The van der Waals surface area contributed by atoms with Gasteiger partial charge in [0.05, 0.1) is 0 Å². The number of carbonyl (C=O) groups excluding carboxylic acids is 1. The maximum absolute atomic E-state index is 13.1. The summed E-state index contributed by atoms with van der Waals surface area (Å²) in [5.41, 5.74) is 0.406. The monoisotopic (exact) mass is 259 g/mol. The van der Waals surface area contributed by atoms with Gasteiger partial charge in [-0.2, -0.15) is 0 Å². The van der Waals surface area contributed by atoms with Gasteiger partial charge in [-0.3, -0.25) is 9.10 Å². The number of hydrogen-bond acceptors (Lipinski definition) is 3. The quantitative estimate of drug-likeness (QED) is 0.615. The molecule has 0 aromatic heterocycles. The van der Waals surface area contributed by atoms with Crippen LogP contribution in [0.25, 0.3) is 0 Å². The summed E-state index contributed by atoms with van der Waals surface area (Å²) in [4.78, 5) is 11.6. The number of hydrogen-bond donors (Lipinski definition) is 0. The third-order valence-electron chi connectivity index (χ3n) is 2.68. The fourth-order valence-electron chi connectivity index (χ4n) is 1.93. The fourth-order valence-corrected chi connectivity index (χ4v) is 2.67. The van der Waals surface area contributed by atoms with Crippen LogP contribution in [-0.4, -0.2) is 29.7 Å². The van der Waals surface area contributed by atoms with Gasteiger partial charge in [-0.1, -0.05) is 11.9 Å². The lowest BCUT2D eigenvalue weighted by atomic mass is 9.93. The standard InChI is InChI=1S/C11H11F2NO2S/c1-16-10-9(14(17-2)11(10)15)6-3-7(12)5-8(13)4-6/h3-5,9-10H,1-2H3. The molecule has 0 spiro atoms. The Morgan fingerprint density at radius 3 is 2.35 bits per heavy atom. The van der Waals surface area contributed by atoms with E-state index in [2.05, 4.69) is 0 Å². The fraction of sp³-hybridized carbons (Fsp3) is 0.364. The molecule has 92 valence electrons. The molecule has 1 fully saturated rings. The van der Waals surface area contributed by atoms with Crippen molar-refractivity contribution < 1.29 is 18.3 Å². The summed E-state index contributed by atoms with van der Waals surface area (Å²) >= 11 is 1.21. The molecule has 0 aliphatic carbocycles. The van der Waals surface area contributed by atoms with Crippen molar-refractivity contribution in [3.63, 3.8) is 0 Å². The first-order valence-corrected chi connectivity index (χ1v) is 6.12. The maximum atomic E-state index is 13.1. The molecule has 1 aliphatic rings. The third-order valence-corrected chi connectivity index (χ3v) is 3.48. The number of carbonyl (C=O) groups is 1. The molecule has 2 atom stereocenters. The zero-order valence-corrected chi connectivity index (χ0v) is 10.1. The maximum Gasteiger partial charge on any atom is 0.264 e. The molecule has 1 saturated heterocycles. The Morgan fingerprint density at radius 2 is 1.88 bits per heavy atom. The molecule has 1 aromatic rings. The number of ether oxygens (including phenoxy) is 1. The van der Waals surface area contributed by atoms with Crippen LogP contribution in [0.1, 0.15) is 11.6 Å². The highest BCUT2D eigenvalue weighted by Crippen LogP contribution is 2.41. The minimum atomic E-state index is -0.663. The number of benzene rings is 1. The van der Waals surface area contributed by atoms with Gasteiger partial charge in [0.2, 0.25) is 0 Å². The van der Waals surface area contributed by atoms with E-state index in [-0.39, 0.29) is 5.91 Å². The SMILES string of the molecule is COC1C(=O)N(SC)C1c1cc(F)cc(F)c1. The lowest BCUT2D eigenvalue weighted by molar-refractivity contribution is -0.158. The van der Waals surface area contributed by atoms with E-state index in [0.29, 0.717) is 5.56 Å². The lowest BCUT2D eigenvalue weighted by Gasteiger charge is -2.44. The topological polar surface area (TPSA) is 29.5 Å². The Hall–Kier alpha value is -1.14. The number of methoxy groups -OCH3 is 1. The van der Waals surface area contributed by atoms with Crippen molar-refractivity contribution in [1.29, 1.82) is 0 Å². The molecule has 1 heterocycles. The summed E-state index contributed by atoms with van der Waals surface area (Å²) < 4.78 is 32.7. The van der Waals surface area contributed by atoms with Gasteiger partial charge in [0.15, 0.2) is 6.10 Å². The van der Waals surface area contributed by atoms with Crippen LogP contribution in [-0.2, 0) is 9.53 Å². The second kappa shape index (κ2) is 4.62. The van der Waals surface area contributed by atoms with Crippen LogP contribution in [0.3, 0.4) is 0 Å². The molecule has 3 nitrogen and oxygen atoms in total. The Bertz CT molecular complexity index is 421. The molecular weight excluding hydrogens is 248 g/mol. The van der Waals surface area contributed by atoms with Crippen LogP contribution < -0.4 is 0 Å². The highest BCUT2D eigenvalue weighted by atomic mass is 32.2. The van der Waals surface area contributed by atoms with E-state index < -0.39 is 23.8 Å². The van der Waals surface area contributed by atoms with E-state index in [1.807, 2.05) is 0 Å². The molecule has 1 amide bonds. The van der Waals surface area contributed by atoms with Crippen LogP contribution in [0.4, 0.5) is 8.78 Å². The van der Waals surface area contributed by atoms with Gasteiger partial charge in [0.1, 0.15) is 17.7 Å². The van der Waals surface area contributed by atoms with E-state index >= 15 is 0 Å². The second-order valence-electron chi connectivity index (χ2n) is 3.65. The molecule has 0 radical (unpaired) electrons. The summed E-state index contributed by atoms with van der Waals surface area (Å²) in [5.74, 6) is -1.50. The number of rotatable bonds is 3. The van der Waals surface area contributed by atoms with Crippen LogP contribution >= 0.6 is 11.9 Å². The molecule has 1 aliphatic heterocycles. The van der Waals surface area contributed by atoms with Crippen LogP contribution in [0.15, 0.2) is 18.2 Å². The van der Waals surface area contributed by atoms with Crippen LogP contribution in [0, 0.1) is 11.6 Å². The molecule has 0 bridgehead atoms. The van der Waals surface area contributed by atoms with E-state index in [9.17, 15) is 13.6 Å². The van der Waals surface area contributed by atoms with Gasteiger partial charge in [-0.25, -0.2) is 8.78 Å². The highest BCUT2D eigenvalue weighted by Gasteiger charge is 2.48. The first kappa shape index (κ1) is 12.3. The molecular formula is C11H11F2NO2S. The van der Waals surface area contributed by atoms with E-state index in [0.717, 1.165) is 6.07 Å². The van der Waals surface area contributed by atoms with Crippen LogP contribution in [0.2, 0.25) is 0 Å². The molecule has 0 saturated carbocycles. The molecule has 0 N–H and O–H groups in total. The third kappa shape index (κ3) is 2.02. The van der Waals surface area contributed by atoms with Crippen molar-refractivity contribution in [3.05, 3.63) is 35.4 Å². The Balaban J connectivity index is 2.34. The normalized spacial score (nSPS) is 23.8. The van der Waals surface area contributed by atoms with Crippen molar-refractivity contribution >= 4 is 17.9 Å². The van der Waals surface area contributed by atoms with E-state index in [1.54, 1.807) is 6.26 Å². The summed E-state index contributed by atoms with van der Waals surface area (Å²) in [6, 6.07) is 2.80. The zero-order chi connectivity index (χ0) is 12.6. The summed E-state index contributed by atoms with van der Waals surface area (Å²) in [5, 5.41) is 0. The van der Waals surface area contributed by atoms with Gasteiger partial charge in [0, 0.05) is 19.4 Å². The van der Waals surface area contributed by atoms with Crippen molar-refractivity contribution in [2.24, 2.45) is 0 Å². The summed E-state index contributed by atoms with van der Waals surface area (Å²) in [6.07, 6.45) is 1.07. The molecule has 2 rings (SSSR count). The zero-order valence-electron chi connectivity index (χ0n) is 9.31. The van der Waals surface area contributed by atoms with Gasteiger partial charge in [-0.05, 0) is 17.7 Å². The summed E-state index contributed by atoms with van der Waals surface area (Å²) in [6.45, 7) is 0. The predicted octanol–water partition coefficient (Wildman–Crippen LogP) is 2.14. The lowest BCUT2D eigenvalue weighted by Crippen LogP contribution is -2.56. The van der Waals surface area contributed by atoms with Gasteiger partial charge in [0.25, 0.3) is 5.91 Å². The van der Waals surface area contributed by atoms with E-state index in [4.69, 9.17) is 4.74 Å². The van der Waals surface area contributed by atoms with Gasteiger partial charge < -0.3 is 4.74 Å².